The van der Waals surface area contributed by atoms with Gasteiger partial charge in [-0.2, -0.15) is 13.2 Å². The molecule has 29 heavy (non-hydrogen) atoms. The Bertz CT molecular complexity index is 610. The van der Waals surface area contributed by atoms with Gasteiger partial charge < -0.3 is 15.4 Å². The van der Waals surface area contributed by atoms with E-state index in [-0.39, 0.29) is 30.8 Å². The van der Waals surface area contributed by atoms with Gasteiger partial charge in [-0.15, -0.1) is 0 Å². The number of amides is 1. The van der Waals surface area contributed by atoms with Crippen LogP contribution in [0.3, 0.4) is 0 Å². The van der Waals surface area contributed by atoms with Crippen molar-refractivity contribution in [1.82, 2.24) is 10.6 Å². The molecule has 1 heterocycles. The molecule has 0 aromatic carbocycles. The Morgan fingerprint density at radius 1 is 1.10 bits per heavy atom. The third-order valence-electron chi connectivity index (χ3n) is 7.57. The van der Waals surface area contributed by atoms with Gasteiger partial charge in [-0.25, -0.2) is 0 Å². The molecule has 4 nitrogen and oxygen atoms in total. The van der Waals surface area contributed by atoms with Gasteiger partial charge in [0.15, 0.2) is 0 Å². The Morgan fingerprint density at radius 3 is 2.52 bits per heavy atom. The van der Waals surface area contributed by atoms with Crippen molar-refractivity contribution in [2.45, 2.75) is 89.0 Å². The largest absolute Gasteiger partial charge is 0.391 e. The normalized spacial score (nSPS) is 35.3. The van der Waals surface area contributed by atoms with Crippen LogP contribution in [0.25, 0.3) is 0 Å². The summed E-state index contributed by atoms with van der Waals surface area (Å²) in [5, 5.41) is 6.59. The van der Waals surface area contributed by atoms with Gasteiger partial charge in [0.05, 0.1) is 12.0 Å². The zero-order chi connectivity index (χ0) is 20.4. The summed E-state index contributed by atoms with van der Waals surface area (Å²) in [5.41, 5.74) is 1.04. The second kappa shape index (κ2) is 8.86. The first-order chi connectivity index (χ1) is 13.9. The average molecular weight is 415 g/mol. The molecular formula is C22H33F3N2O2. The minimum absolute atomic E-state index is 0.0182. The Hall–Kier alpha value is -1.24. The number of hydrogen-bond donors (Lipinski definition) is 2. The van der Waals surface area contributed by atoms with Gasteiger partial charge in [-0.3, -0.25) is 4.79 Å². The number of fused-ring (bicyclic) bond motifs is 1. The second-order valence-electron chi connectivity index (χ2n) is 9.45. The summed E-state index contributed by atoms with van der Waals surface area (Å²) in [4.78, 5) is 12.3. The summed E-state index contributed by atoms with van der Waals surface area (Å²) < 4.78 is 44.3. The molecule has 4 aliphatic rings. The molecule has 0 spiro atoms. The van der Waals surface area contributed by atoms with Gasteiger partial charge in [0.25, 0.3) is 0 Å². The van der Waals surface area contributed by atoms with Gasteiger partial charge in [0.2, 0.25) is 5.91 Å². The first-order valence-electron chi connectivity index (χ1n) is 11.4. The van der Waals surface area contributed by atoms with Crippen LogP contribution >= 0.6 is 0 Å². The van der Waals surface area contributed by atoms with Gasteiger partial charge in [0.1, 0.15) is 0 Å². The standard InChI is InChI=1S/C22H33F3N2O2/c23-22(24,25)16-5-7-17(8-6-16)29-11-10-14-4-9-19-18(12-14)20(13-26-19)27-21(28)15-2-1-3-15/h13-19,26H,1-12H2,(H,27,28). The predicted molar refractivity (Wildman–Crippen MR) is 104 cm³/mol. The third-order valence-corrected chi connectivity index (χ3v) is 7.57. The minimum Gasteiger partial charge on any atom is -0.386 e. The van der Waals surface area contributed by atoms with E-state index in [1.165, 1.54) is 0 Å². The van der Waals surface area contributed by atoms with E-state index in [2.05, 4.69) is 10.6 Å². The van der Waals surface area contributed by atoms with Crippen LogP contribution in [0, 0.1) is 23.7 Å². The van der Waals surface area contributed by atoms with Gasteiger partial charge in [-0.1, -0.05) is 6.42 Å². The number of hydrogen-bond acceptors (Lipinski definition) is 3. The summed E-state index contributed by atoms with van der Waals surface area (Å²) in [6, 6.07) is 0.418. The molecule has 1 aliphatic heterocycles. The highest BCUT2D eigenvalue weighted by atomic mass is 19.4. The van der Waals surface area contributed by atoms with E-state index in [1.807, 2.05) is 6.20 Å². The van der Waals surface area contributed by atoms with E-state index in [1.54, 1.807) is 0 Å². The molecule has 0 bridgehead atoms. The molecule has 0 aromatic heterocycles. The summed E-state index contributed by atoms with van der Waals surface area (Å²) in [6.45, 7) is 0.629. The zero-order valence-electron chi connectivity index (χ0n) is 17.0. The van der Waals surface area contributed by atoms with E-state index >= 15 is 0 Å². The minimum atomic E-state index is -4.06. The number of carbonyl (C=O) groups excluding carboxylic acids is 1. The molecule has 0 aromatic rings. The lowest BCUT2D eigenvalue weighted by molar-refractivity contribution is -0.187. The van der Waals surface area contributed by atoms with E-state index in [9.17, 15) is 18.0 Å². The van der Waals surface area contributed by atoms with Crippen molar-refractivity contribution in [3.05, 3.63) is 11.9 Å². The van der Waals surface area contributed by atoms with Crippen molar-refractivity contribution in [3.8, 4) is 0 Å². The molecule has 4 rings (SSSR count). The molecule has 3 atom stereocenters. The lowest BCUT2D eigenvalue weighted by atomic mass is 9.76. The summed E-state index contributed by atoms with van der Waals surface area (Å²) in [6.07, 6.45) is 6.72. The molecule has 164 valence electrons. The number of ether oxygens (including phenoxy) is 1. The fraction of sp³-hybridized carbons (Fsp3) is 0.864. The molecule has 1 amide bonds. The number of carbonyl (C=O) groups is 1. The van der Waals surface area contributed by atoms with E-state index in [0.29, 0.717) is 37.3 Å². The first-order valence-corrected chi connectivity index (χ1v) is 11.4. The van der Waals surface area contributed by atoms with Gasteiger partial charge in [-0.05, 0) is 70.1 Å². The lowest BCUT2D eigenvalue weighted by Gasteiger charge is -2.34. The molecule has 3 unspecified atom stereocenters. The van der Waals surface area contributed by atoms with Gasteiger partial charge >= 0.3 is 6.18 Å². The summed E-state index contributed by atoms with van der Waals surface area (Å²) in [5.74, 6) is 0.125. The molecule has 3 fully saturated rings. The quantitative estimate of drug-likeness (QED) is 0.665. The number of halogens is 3. The summed E-state index contributed by atoms with van der Waals surface area (Å²) >= 11 is 0. The first kappa shape index (κ1) is 21.0. The van der Waals surface area contributed by atoms with E-state index in [4.69, 9.17) is 4.74 Å². The molecule has 3 aliphatic carbocycles. The molecule has 7 heteroatoms. The SMILES string of the molecule is O=C(NC1=CNC2CCC(CCOC3CCC(C(F)(F)F)CC3)CC12)C1CCC1. The van der Waals surface area contributed by atoms with E-state index in [0.717, 1.165) is 50.6 Å². The van der Waals surface area contributed by atoms with Crippen LogP contribution in [0.5, 0.6) is 0 Å². The maximum Gasteiger partial charge on any atom is 0.391 e. The van der Waals surface area contributed by atoms with Crippen LogP contribution in [-0.4, -0.2) is 30.8 Å². The van der Waals surface area contributed by atoms with Crippen molar-refractivity contribution in [2.75, 3.05) is 6.61 Å². The molecular weight excluding hydrogens is 381 g/mol. The average Bonchev–Trinajstić information content (AvgIpc) is 3.02. The van der Waals surface area contributed by atoms with Crippen molar-refractivity contribution in [2.24, 2.45) is 23.7 Å². The molecule has 0 saturated heterocycles. The van der Waals surface area contributed by atoms with Crippen LogP contribution < -0.4 is 10.6 Å². The molecule has 3 saturated carbocycles. The van der Waals surface area contributed by atoms with Crippen molar-refractivity contribution in [3.63, 3.8) is 0 Å². The second-order valence-corrected chi connectivity index (χ2v) is 9.45. The topological polar surface area (TPSA) is 50.4 Å². The Kier molecular flexibility index (Phi) is 6.42. The fourth-order valence-corrected chi connectivity index (χ4v) is 5.37. The van der Waals surface area contributed by atoms with Crippen LogP contribution in [0.15, 0.2) is 11.9 Å². The highest BCUT2D eigenvalue weighted by Crippen LogP contribution is 2.40. The van der Waals surface area contributed by atoms with Crippen LogP contribution in [0.2, 0.25) is 0 Å². The molecule has 2 N–H and O–H groups in total. The zero-order valence-corrected chi connectivity index (χ0v) is 17.0. The van der Waals surface area contributed by atoms with Crippen molar-refractivity contribution in [1.29, 1.82) is 0 Å². The van der Waals surface area contributed by atoms with Crippen LogP contribution in [-0.2, 0) is 9.53 Å². The highest BCUT2D eigenvalue weighted by molar-refractivity contribution is 5.81. The Labute approximate surface area is 171 Å². The third kappa shape index (κ3) is 5.09. The van der Waals surface area contributed by atoms with Crippen molar-refractivity contribution < 1.29 is 22.7 Å². The summed E-state index contributed by atoms with van der Waals surface area (Å²) in [7, 11) is 0. The maximum atomic E-state index is 12.8. The Morgan fingerprint density at radius 2 is 1.86 bits per heavy atom. The fourth-order valence-electron chi connectivity index (χ4n) is 5.37. The monoisotopic (exact) mass is 414 g/mol. The number of rotatable bonds is 6. The maximum absolute atomic E-state index is 12.8. The number of nitrogens with one attached hydrogen (secondary N) is 2. The van der Waals surface area contributed by atoms with Crippen molar-refractivity contribution >= 4 is 5.91 Å². The molecule has 0 radical (unpaired) electrons. The highest BCUT2D eigenvalue weighted by Gasteiger charge is 2.42. The lowest BCUT2D eigenvalue weighted by Crippen LogP contribution is -2.39. The van der Waals surface area contributed by atoms with Crippen LogP contribution in [0.4, 0.5) is 13.2 Å². The van der Waals surface area contributed by atoms with Crippen LogP contribution in [0.1, 0.15) is 70.6 Å². The van der Waals surface area contributed by atoms with E-state index < -0.39 is 12.1 Å². The van der Waals surface area contributed by atoms with Gasteiger partial charge in [0, 0.05) is 36.4 Å². The Balaban J connectivity index is 1.17. The smallest absolute Gasteiger partial charge is 0.386 e. The number of alkyl halides is 3. The predicted octanol–water partition coefficient (Wildman–Crippen LogP) is 4.66.